The number of likely N-dealkylation sites (N-methyl/N-ethyl adjacent to an activating group) is 1. The second-order valence-electron chi connectivity index (χ2n) is 8.58. The number of carbonyl (C=O) groups excluding carboxylic acids is 3. The van der Waals surface area contributed by atoms with Gasteiger partial charge >= 0.3 is 0 Å². The van der Waals surface area contributed by atoms with Gasteiger partial charge in [0.15, 0.2) is 5.13 Å². The molecular weight excluding hydrogens is 454 g/mol. The number of hydrogen-bond donors (Lipinski definition) is 1. The van der Waals surface area contributed by atoms with E-state index < -0.39 is 0 Å². The molecule has 1 aliphatic carbocycles. The monoisotopic (exact) mass is 485 g/mol. The first kappa shape index (κ1) is 24.2. The first-order valence-corrected chi connectivity index (χ1v) is 12.5. The van der Waals surface area contributed by atoms with Gasteiger partial charge in [0.2, 0.25) is 11.8 Å². The highest BCUT2D eigenvalue weighted by molar-refractivity contribution is 7.13. The van der Waals surface area contributed by atoms with Crippen LogP contribution >= 0.6 is 11.3 Å². The lowest BCUT2D eigenvalue weighted by Crippen LogP contribution is -2.48. The summed E-state index contributed by atoms with van der Waals surface area (Å²) in [5.41, 5.74) is 1.17. The zero-order valence-electron chi connectivity index (χ0n) is 19.7. The number of nitrogens with zero attached hydrogens (tertiary/aromatic N) is 4. The predicted octanol–water partition coefficient (Wildman–Crippen LogP) is 2.10. The van der Waals surface area contributed by atoms with Crippen LogP contribution in [0.25, 0.3) is 0 Å². The molecule has 1 aromatic carbocycles. The van der Waals surface area contributed by atoms with Gasteiger partial charge in [-0.3, -0.25) is 14.4 Å². The van der Waals surface area contributed by atoms with Crippen LogP contribution in [0.2, 0.25) is 0 Å². The van der Waals surface area contributed by atoms with E-state index in [1.54, 1.807) is 41.7 Å². The lowest BCUT2D eigenvalue weighted by atomic mass is 10.2. The number of nitrogens with one attached hydrogen (secondary N) is 1. The van der Waals surface area contributed by atoms with Crippen molar-refractivity contribution in [2.45, 2.75) is 32.2 Å². The van der Waals surface area contributed by atoms with E-state index >= 15 is 0 Å². The smallest absolute Gasteiger partial charge is 0.254 e. The summed E-state index contributed by atoms with van der Waals surface area (Å²) < 4.78 is 5.15. The Morgan fingerprint density at radius 3 is 2.47 bits per heavy atom. The second-order valence-corrected chi connectivity index (χ2v) is 9.43. The van der Waals surface area contributed by atoms with Crippen LogP contribution in [-0.4, -0.2) is 89.8 Å². The highest BCUT2D eigenvalue weighted by Gasteiger charge is 2.34. The molecule has 0 atom stereocenters. The Morgan fingerprint density at radius 1 is 1.15 bits per heavy atom. The van der Waals surface area contributed by atoms with Crippen molar-refractivity contribution < 1.29 is 19.1 Å². The van der Waals surface area contributed by atoms with Crippen LogP contribution in [0.1, 0.15) is 35.8 Å². The molecule has 1 aromatic heterocycles. The van der Waals surface area contributed by atoms with Crippen LogP contribution < -0.4 is 10.1 Å². The summed E-state index contributed by atoms with van der Waals surface area (Å²) in [6.45, 7) is 6.35. The van der Waals surface area contributed by atoms with Gasteiger partial charge in [0.05, 0.1) is 19.2 Å². The van der Waals surface area contributed by atoms with E-state index in [1.807, 2.05) is 4.90 Å². The average Bonchev–Trinajstić information content (AvgIpc) is 3.62. The molecule has 2 heterocycles. The Labute approximate surface area is 203 Å². The van der Waals surface area contributed by atoms with Crippen molar-refractivity contribution in [1.29, 1.82) is 0 Å². The molecule has 1 saturated heterocycles. The normalized spacial score (nSPS) is 16.2. The number of amides is 3. The first-order valence-electron chi connectivity index (χ1n) is 11.7. The topological polar surface area (TPSA) is 95.1 Å². The molecule has 1 aliphatic heterocycles. The molecule has 0 radical (unpaired) electrons. The molecule has 3 amide bonds. The Hall–Kier alpha value is -2.98. The second kappa shape index (κ2) is 11.0. The number of hydrogen-bond acceptors (Lipinski definition) is 7. The van der Waals surface area contributed by atoms with E-state index in [9.17, 15) is 14.4 Å². The summed E-state index contributed by atoms with van der Waals surface area (Å²) in [5, 5.41) is 5.03. The summed E-state index contributed by atoms with van der Waals surface area (Å²) in [4.78, 5) is 48.5. The average molecular weight is 486 g/mol. The standard InChI is InChI=1S/C24H31N5O4S/c1-3-27-10-12-28(13-11-27)22(31)14-18-16-34-24(25-18)26-21(30)15-29(19-6-7-19)23(32)17-4-8-20(33-2)9-5-17/h4-5,8-9,16,19H,3,6-7,10-15H2,1-2H3,(H,25,26,30). The van der Waals surface area contributed by atoms with Crippen LogP contribution in [0, 0.1) is 0 Å². The van der Waals surface area contributed by atoms with E-state index in [-0.39, 0.29) is 36.7 Å². The summed E-state index contributed by atoms with van der Waals surface area (Å²) in [7, 11) is 1.57. The van der Waals surface area contributed by atoms with Crippen molar-refractivity contribution >= 4 is 34.2 Å². The van der Waals surface area contributed by atoms with Crippen LogP contribution in [0.15, 0.2) is 29.6 Å². The minimum atomic E-state index is -0.295. The zero-order valence-corrected chi connectivity index (χ0v) is 20.5. The number of methoxy groups -OCH3 is 1. The fraction of sp³-hybridized carbons (Fsp3) is 0.500. The van der Waals surface area contributed by atoms with E-state index in [4.69, 9.17) is 4.74 Å². The van der Waals surface area contributed by atoms with Gasteiger partial charge in [0.25, 0.3) is 5.91 Å². The zero-order chi connectivity index (χ0) is 24.1. The van der Waals surface area contributed by atoms with Crippen molar-refractivity contribution in [3.63, 3.8) is 0 Å². The van der Waals surface area contributed by atoms with Crippen molar-refractivity contribution in [3.05, 3.63) is 40.9 Å². The Morgan fingerprint density at radius 2 is 1.85 bits per heavy atom. The maximum Gasteiger partial charge on any atom is 0.254 e. The SMILES string of the molecule is CCN1CCN(C(=O)Cc2csc(NC(=O)CN(C(=O)c3ccc(OC)cc3)C3CC3)n2)CC1. The molecular formula is C24H31N5O4S. The molecule has 10 heteroatoms. The minimum Gasteiger partial charge on any atom is -0.497 e. The number of ether oxygens (including phenoxy) is 1. The van der Waals surface area contributed by atoms with Crippen molar-refractivity contribution in [1.82, 2.24) is 19.7 Å². The van der Waals surface area contributed by atoms with Gasteiger partial charge in [-0.2, -0.15) is 0 Å². The van der Waals surface area contributed by atoms with Crippen LogP contribution in [0.5, 0.6) is 5.75 Å². The van der Waals surface area contributed by atoms with Crippen LogP contribution in [0.4, 0.5) is 5.13 Å². The molecule has 2 aliphatic rings. The molecule has 2 aromatic rings. The molecule has 2 fully saturated rings. The predicted molar refractivity (Wildman–Crippen MR) is 130 cm³/mol. The fourth-order valence-corrected chi connectivity index (χ4v) is 4.72. The first-order chi connectivity index (χ1) is 16.5. The van der Waals surface area contributed by atoms with E-state index in [1.165, 1.54) is 11.3 Å². The third kappa shape index (κ3) is 6.12. The van der Waals surface area contributed by atoms with Crippen molar-refractivity contribution in [3.8, 4) is 5.75 Å². The van der Waals surface area contributed by atoms with E-state index in [0.717, 1.165) is 45.6 Å². The van der Waals surface area contributed by atoms with Crippen molar-refractivity contribution in [2.24, 2.45) is 0 Å². The third-order valence-corrected chi connectivity index (χ3v) is 7.01. The van der Waals surface area contributed by atoms with Gasteiger partial charge in [-0.1, -0.05) is 6.92 Å². The number of carbonyl (C=O) groups is 3. The molecule has 0 unspecified atom stereocenters. The van der Waals surface area contributed by atoms with Crippen molar-refractivity contribution in [2.75, 3.05) is 51.7 Å². The highest BCUT2D eigenvalue weighted by Crippen LogP contribution is 2.28. The fourth-order valence-electron chi connectivity index (χ4n) is 3.99. The molecule has 0 bridgehead atoms. The van der Waals surface area contributed by atoms with Gasteiger partial charge in [-0.05, 0) is 43.7 Å². The lowest BCUT2D eigenvalue weighted by Gasteiger charge is -2.34. The van der Waals surface area contributed by atoms with Crippen LogP contribution in [-0.2, 0) is 16.0 Å². The van der Waals surface area contributed by atoms with Gasteiger partial charge in [0, 0.05) is 43.2 Å². The molecule has 1 saturated carbocycles. The molecule has 0 spiro atoms. The maximum atomic E-state index is 13.0. The molecule has 9 nitrogen and oxygen atoms in total. The minimum absolute atomic E-state index is 0.0366. The molecule has 34 heavy (non-hydrogen) atoms. The van der Waals surface area contributed by atoms with Gasteiger partial charge < -0.3 is 24.8 Å². The molecule has 4 rings (SSSR count). The Kier molecular flexibility index (Phi) is 7.79. The lowest BCUT2D eigenvalue weighted by molar-refractivity contribution is -0.132. The van der Waals surface area contributed by atoms with Gasteiger partial charge in [-0.15, -0.1) is 11.3 Å². The van der Waals surface area contributed by atoms with Crippen LogP contribution in [0.3, 0.4) is 0 Å². The Bertz CT molecular complexity index is 1010. The quantitative estimate of drug-likeness (QED) is 0.585. The molecule has 182 valence electrons. The molecule has 1 N–H and O–H groups in total. The number of thiazole rings is 1. The third-order valence-electron chi connectivity index (χ3n) is 6.20. The van der Waals surface area contributed by atoms with Gasteiger partial charge in [0.1, 0.15) is 12.3 Å². The Balaban J connectivity index is 1.30. The number of anilines is 1. The number of benzene rings is 1. The summed E-state index contributed by atoms with van der Waals surface area (Å²) in [6, 6.07) is 6.97. The summed E-state index contributed by atoms with van der Waals surface area (Å²) in [5.74, 6) is 0.267. The van der Waals surface area contributed by atoms with E-state index in [2.05, 4.69) is 22.1 Å². The van der Waals surface area contributed by atoms with E-state index in [0.29, 0.717) is 22.1 Å². The van der Waals surface area contributed by atoms with Gasteiger partial charge in [-0.25, -0.2) is 4.98 Å². The number of aromatic nitrogens is 1. The summed E-state index contributed by atoms with van der Waals surface area (Å²) in [6.07, 6.45) is 2.01. The highest BCUT2D eigenvalue weighted by atomic mass is 32.1. The largest absolute Gasteiger partial charge is 0.497 e. The number of rotatable bonds is 9. The summed E-state index contributed by atoms with van der Waals surface area (Å²) >= 11 is 1.29. The number of piperazine rings is 1. The maximum absolute atomic E-state index is 13.0.